The van der Waals surface area contributed by atoms with E-state index < -0.39 is 32.5 Å². The molecule has 0 aliphatic heterocycles. The van der Waals surface area contributed by atoms with Crippen molar-refractivity contribution in [3.8, 4) is 0 Å². The van der Waals surface area contributed by atoms with Gasteiger partial charge in [0.15, 0.2) is 6.10 Å². The van der Waals surface area contributed by atoms with Crippen LogP contribution < -0.4 is 5.73 Å². The van der Waals surface area contributed by atoms with E-state index in [-0.39, 0.29) is 32.6 Å². The Labute approximate surface area is 161 Å². The van der Waals surface area contributed by atoms with Gasteiger partial charge < -0.3 is 27.0 Å². The smallest absolute Gasteiger partial charge is 0.462 e. The number of rotatable bonds is 17. The van der Waals surface area contributed by atoms with Crippen molar-refractivity contribution in [1.29, 1.82) is 0 Å². The van der Waals surface area contributed by atoms with Gasteiger partial charge in [0, 0.05) is 19.4 Å². The third-order valence-corrected chi connectivity index (χ3v) is 4.37. The van der Waals surface area contributed by atoms with Crippen LogP contribution in [0.3, 0.4) is 0 Å². The summed E-state index contributed by atoms with van der Waals surface area (Å²) < 4.78 is 31.4. The Bertz CT molecular complexity index is 460. The van der Waals surface area contributed by atoms with Gasteiger partial charge in [0.1, 0.15) is 6.61 Å². The number of phosphoric ester groups is 1. The second-order valence-electron chi connectivity index (χ2n) is 5.95. The summed E-state index contributed by atoms with van der Waals surface area (Å²) in [6.45, 7) is 4.86. The van der Waals surface area contributed by atoms with E-state index in [2.05, 4.69) is 11.4 Å². The van der Waals surface area contributed by atoms with Crippen LogP contribution in [0.5, 0.6) is 0 Å². The summed E-state index contributed by atoms with van der Waals surface area (Å²) in [7, 11) is -4.32. The molecule has 0 spiro atoms. The Hall–Kier alpha value is -0.990. The third-order valence-electron chi connectivity index (χ3n) is 3.39. The molecule has 0 aromatic carbocycles. The van der Waals surface area contributed by atoms with Crippen LogP contribution in [0.2, 0.25) is 0 Å². The van der Waals surface area contributed by atoms with Crippen LogP contribution >= 0.6 is 7.82 Å². The standard InChI is InChI=1S/C17H33NO8P/c1-3-5-7-8-10-16(19)23-13-15(26-17(20)9-6-4-2)14-25-27(21,22)24-12-11-18/h15H,1,3-14,18H2,2H3,(H,21,22)/q-1/t15-/m1/s1. The van der Waals surface area contributed by atoms with E-state index in [4.69, 9.17) is 19.7 Å². The number of esters is 2. The molecule has 2 atom stereocenters. The van der Waals surface area contributed by atoms with Crippen LogP contribution in [0, 0.1) is 6.92 Å². The van der Waals surface area contributed by atoms with E-state index in [1.54, 1.807) is 0 Å². The molecule has 0 fully saturated rings. The zero-order valence-corrected chi connectivity index (χ0v) is 17.0. The number of phosphoric acid groups is 1. The van der Waals surface area contributed by atoms with E-state index in [0.717, 1.165) is 25.7 Å². The Morgan fingerprint density at radius 1 is 1.07 bits per heavy atom. The maximum absolute atomic E-state index is 11.8. The maximum atomic E-state index is 11.8. The number of nitrogens with two attached hydrogens (primary N) is 1. The van der Waals surface area contributed by atoms with Crippen molar-refractivity contribution >= 4 is 19.8 Å². The monoisotopic (exact) mass is 410 g/mol. The highest BCUT2D eigenvalue weighted by atomic mass is 31.2. The molecule has 0 aliphatic rings. The number of carbonyl (C=O) groups excluding carboxylic acids is 2. The van der Waals surface area contributed by atoms with Crippen molar-refractivity contribution in [2.75, 3.05) is 26.4 Å². The van der Waals surface area contributed by atoms with E-state index in [1.807, 2.05) is 6.92 Å². The van der Waals surface area contributed by atoms with Crippen molar-refractivity contribution in [2.24, 2.45) is 5.73 Å². The van der Waals surface area contributed by atoms with Gasteiger partial charge in [0.05, 0.1) is 13.2 Å². The summed E-state index contributed by atoms with van der Waals surface area (Å²) in [5, 5.41) is 0. The molecule has 0 aromatic rings. The Morgan fingerprint density at radius 3 is 2.41 bits per heavy atom. The van der Waals surface area contributed by atoms with Crippen LogP contribution in [0.4, 0.5) is 0 Å². The van der Waals surface area contributed by atoms with E-state index in [1.165, 1.54) is 0 Å². The Balaban J connectivity index is 4.48. The number of hydrogen-bond donors (Lipinski definition) is 2. The molecule has 0 saturated heterocycles. The summed E-state index contributed by atoms with van der Waals surface area (Å²) in [5.41, 5.74) is 5.20. The van der Waals surface area contributed by atoms with Crippen molar-refractivity contribution < 1.29 is 37.6 Å². The molecule has 0 amide bonds. The average molecular weight is 410 g/mol. The number of ether oxygens (including phenoxy) is 2. The second-order valence-corrected chi connectivity index (χ2v) is 7.40. The molecule has 0 bridgehead atoms. The highest BCUT2D eigenvalue weighted by Gasteiger charge is 2.25. The molecule has 1 unspecified atom stereocenters. The predicted molar refractivity (Wildman–Crippen MR) is 99.6 cm³/mol. The molecule has 0 heterocycles. The van der Waals surface area contributed by atoms with Crippen LogP contribution in [-0.2, 0) is 32.7 Å². The number of carbonyl (C=O) groups is 2. The molecule has 10 heteroatoms. The number of unbranched alkanes of at least 4 members (excludes halogenated alkanes) is 4. The first-order chi connectivity index (χ1) is 12.8. The molecule has 9 nitrogen and oxygen atoms in total. The summed E-state index contributed by atoms with van der Waals surface area (Å²) in [4.78, 5) is 33.1. The lowest BCUT2D eigenvalue weighted by Crippen LogP contribution is -2.29. The lowest BCUT2D eigenvalue weighted by molar-refractivity contribution is -0.161. The van der Waals surface area contributed by atoms with Gasteiger partial charge >= 0.3 is 19.8 Å². The first-order valence-corrected chi connectivity index (χ1v) is 10.8. The molecular formula is C17H33NO8P-. The minimum Gasteiger partial charge on any atom is -0.462 e. The lowest BCUT2D eigenvalue weighted by Gasteiger charge is -2.19. The van der Waals surface area contributed by atoms with E-state index in [0.29, 0.717) is 12.8 Å². The molecule has 0 saturated carbocycles. The topological polar surface area (TPSA) is 134 Å². The summed E-state index contributed by atoms with van der Waals surface area (Å²) >= 11 is 0. The van der Waals surface area contributed by atoms with Crippen molar-refractivity contribution in [1.82, 2.24) is 0 Å². The van der Waals surface area contributed by atoms with Crippen LogP contribution in [0.15, 0.2) is 0 Å². The highest BCUT2D eigenvalue weighted by molar-refractivity contribution is 7.47. The molecule has 0 radical (unpaired) electrons. The van der Waals surface area contributed by atoms with Crippen molar-refractivity contribution in [2.45, 2.75) is 64.4 Å². The fraction of sp³-hybridized carbons (Fsp3) is 0.824. The zero-order chi connectivity index (χ0) is 20.5. The van der Waals surface area contributed by atoms with Crippen molar-refractivity contribution in [3.63, 3.8) is 0 Å². The first-order valence-electron chi connectivity index (χ1n) is 9.30. The van der Waals surface area contributed by atoms with Gasteiger partial charge in [0.2, 0.25) is 0 Å². The SMILES string of the molecule is [CH2-]CCCCCC(=O)OC[C@H](COP(=O)(O)OCCN)OC(=O)CCCC. The van der Waals surface area contributed by atoms with Crippen LogP contribution in [-0.4, -0.2) is 49.3 Å². The van der Waals surface area contributed by atoms with Gasteiger partial charge in [-0.1, -0.05) is 26.2 Å². The minimum atomic E-state index is -4.32. The van der Waals surface area contributed by atoms with Gasteiger partial charge in [-0.25, -0.2) is 4.57 Å². The van der Waals surface area contributed by atoms with Crippen molar-refractivity contribution in [3.05, 3.63) is 6.92 Å². The van der Waals surface area contributed by atoms with E-state index in [9.17, 15) is 19.0 Å². The Morgan fingerprint density at radius 2 is 1.78 bits per heavy atom. The fourth-order valence-electron chi connectivity index (χ4n) is 1.95. The predicted octanol–water partition coefficient (Wildman–Crippen LogP) is 2.51. The largest absolute Gasteiger partial charge is 0.472 e. The molecular weight excluding hydrogens is 377 g/mol. The zero-order valence-electron chi connectivity index (χ0n) is 16.1. The normalized spacial score (nSPS) is 14.4. The van der Waals surface area contributed by atoms with Gasteiger partial charge in [0.25, 0.3) is 0 Å². The summed E-state index contributed by atoms with van der Waals surface area (Å²) in [6, 6.07) is 0. The molecule has 3 N–H and O–H groups in total. The fourth-order valence-corrected chi connectivity index (χ4v) is 2.71. The quantitative estimate of drug-likeness (QED) is 0.160. The Kier molecular flexibility index (Phi) is 15.4. The molecule has 160 valence electrons. The third kappa shape index (κ3) is 15.7. The summed E-state index contributed by atoms with van der Waals surface area (Å²) in [6.07, 6.45) is 4.23. The van der Waals surface area contributed by atoms with Crippen LogP contribution in [0.1, 0.15) is 58.3 Å². The lowest BCUT2D eigenvalue weighted by atomic mass is 10.2. The molecule has 0 rings (SSSR count). The van der Waals surface area contributed by atoms with Gasteiger partial charge in [-0.05, 0) is 12.8 Å². The molecule has 0 aromatic heterocycles. The van der Waals surface area contributed by atoms with Gasteiger partial charge in [-0.2, -0.15) is 6.42 Å². The molecule has 0 aliphatic carbocycles. The van der Waals surface area contributed by atoms with Crippen LogP contribution in [0.25, 0.3) is 0 Å². The summed E-state index contributed by atoms with van der Waals surface area (Å²) in [5.74, 6) is -0.923. The minimum absolute atomic E-state index is 0.0506. The first kappa shape index (κ1) is 26.0. The van der Waals surface area contributed by atoms with E-state index >= 15 is 0 Å². The second kappa shape index (κ2) is 16.0. The maximum Gasteiger partial charge on any atom is 0.472 e. The van der Waals surface area contributed by atoms with Gasteiger partial charge in [-0.15, -0.1) is 0 Å². The number of hydrogen-bond acceptors (Lipinski definition) is 8. The van der Waals surface area contributed by atoms with Gasteiger partial charge in [-0.3, -0.25) is 18.6 Å². The molecule has 27 heavy (non-hydrogen) atoms. The average Bonchev–Trinajstić information content (AvgIpc) is 2.64. The highest BCUT2D eigenvalue weighted by Crippen LogP contribution is 2.43.